The summed E-state index contributed by atoms with van der Waals surface area (Å²) in [6.45, 7) is 4.03. The first-order valence-electron chi connectivity index (χ1n) is 10.5. The quantitative estimate of drug-likeness (QED) is 0.439. The van der Waals surface area contributed by atoms with Crippen molar-refractivity contribution < 1.29 is 23.8 Å². The van der Waals surface area contributed by atoms with Crippen molar-refractivity contribution in [3.63, 3.8) is 0 Å². The van der Waals surface area contributed by atoms with Gasteiger partial charge in [0.2, 0.25) is 0 Å². The average molecular weight is 424 g/mol. The van der Waals surface area contributed by atoms with E-state index >= 15 is 0 Å². The van der Waals surface area contributed by atoms with E-state index in [9.17, 15) is 19.1 Å². The predicted octanol–water partition coefficient (Wildman–Crippen LogP) is 2.97. The van der Waals surface area contributed by atoms with Crippen LogP contribution < -0.4 is 0 Å². The Morgan fingerprint density at radius 3 is 2.39 bits per heavy atom. The molecule has 4 rings (SSSR count). The normalized spacial score (nSPS) is 21.6. The molecule has 6 nitrogen and oxygen atoms in total. The molecular weight excluding hydrogens is 399 g/mol. The molecule has 2 aromatic carbocycles. The molecule has 0 radical (unpaired) electrons. The summed E-state index contributed by atoms with van der Waals surface area (Å²) in [5, 5.41) is 10.9. The minimum absolute atomic E-state index is 0.0762. The number of carbonyl (C=O) groups excluding carboxylic acids is 2. The fourth-order valence-corrected chi connectivity index (χ4v) is 4.17. The molecule has 0 aromatic heterocycles. The van der Waals surface area contributed by atoms with E-state index < -0.39 is 23.5 Å². The van der Waals surface area contributed by atoms with E-state index in [0.29, 0.717) is 25.2 Å². The van der Waals surface area contributed by atoms with Crippen LogP contribution in [0.25, 0.3) is 5.76 Å². The first kappa shape index (κ1) is 21.2. The number of ether oxygens (including phenoxy) is 1. The lowest BCUT2D eigenvalue weighted by atomic mass is 9.95. The molecule has 1 amide bonds. The second-order valence-corrected chi connectivity index (χ2v) is 7.69. The molecule has 2 saturated heterocycles. The number of rotatable bonds is 6. The Morgan fingerprint density at radius 2 is 1.68 bits per heavy atom. The van der Waals surface area contributed by atoms with Gasteiger partial charge in [-0.3, -0.25) is 14.5 Å². The van der Waals surface area contributed by atoms with E-state index in [-0.39, 0.29) is 23.4 Å². The molecule has 0 spiro atoms. The molecule has 0 saturated carbocycles. The zero-order valence-electron chi connectivity index (χ0n) is 17.2. The van der Waals surface area contributed by atoms with Crippen LogP contribution in [-0.2, 0) is 14.3 Å². The Labute approximate surface area is 180 Å². The van der Waals surface area contributed by atoms with Gasteiger partial charge in [-0.25, -0.2) is 4.39 Å². The third kappa shape index (κ3) is 4.38. The molecule has 7 heteroatoms. The number of aliphatic hydroxyl groups is 1. The zero-order chi connectivity index (χ0) is 21.8. The highest BCUT2D eigenvalue weighted by atomic mass is 19.1. The molecule has 31 heavy (non-hydrogen) atoms. The minimum atomic E-state index is -0.967. The maximum Gasteiger partial charge on any atom is 0.295 e. The van der Waals surface area contributed by atoms with Gasteiger partial charge in [-0.15, -0.1) is 0 Å². The fraction of sp³-hybridized carbons (Fsp3) is 0.333. The lowest BCUT2D eigenvalue weighted by Crippen LogP contribution is -2.39. The number of amides is 1. The smallest absolute Gasteiger partial charge is 0.295 e. The van der Waals surface area contributed by atoms with E-state index in [0.717, 1.165) is 19.6 Å². The number of ketones is 1. The van der Waals surface area contributed by atoms with Gasteiger partial charge in [-0.2, -0.15) is 0 Å². The van der Waals surface area contributed by atoms with Gasteiger partial charge in [-0.1, -0.05) is 48.5 Å². The van der Waals surface area contributed by atoms with E-state index in [1.807, 2.05) is 0 Å². The van der Waals surface area contributed by atoms with Crippen LogP contribution in [0.1, 0.15) is 23.6 Å². The highest BCUT2D eigenvalue weighted by molar-refractivity contribution is 6.46. The highest BCUT2D eigenvalue weighted by Gasteiger charge is 2.46. The van der Waals surface area contributed by atoms with Crippen molar-refractivity contribution in [2.75, 3.05) is 39.4 Å². The molecule has 2 aliphatic heterocycles. The molecule has 2 aliphatic rings. The predicted molar refractivity (Wildman–Crippen MR) is 114 cm³/mol. The summed E-state index contributed by atoms with van der Waals surface area (Å²) >= 11 is 0. The standard InChI is InChI=1S/C24H25FN2O4/c25-19-10-5-4-9-18(19)21-20(22(28)17-7-2-1-3-8-17)23(29)24(30)27(21)12-6-11-26-13-15-31-16-14-26/h1-5,7-10,21,28H,6,11-16H2. The number of nitrogens with zero attached hydrogens (tertiary/aromatic N) is 2. The molecule has 1 N–H and O–H groups in total. The topological polar surface area (TPSA) is 70.1 Å². The Morgan fingerprint density at radius 1 is 1.00 bits per heavy atom. The minimum Gasteiger partial charge on any atom is -0.507 e. The number of benzene rings is 2. The lowest BCUT2D eigenvalue weighted by molar-refractivity contribution is -0.140. The third-order valence-electron chi connectivity index (χ3n) is 5.76. The SMILES string of the molecule is O=C1C(=O)N(CCCN2CCOCC2)C(c2ccccc2F)C1=C(O)c1ccccc1. The first-order valence-corrected chi connectivity index (χ1v) is 10.5. The molecule has 2 aromatic rings. The van der Waals surface area contributed by atoms with Crippen molar-refractivity contribution in [3.8, 4) is 0 Å². The molecule has 162 valence electrons. The van der Waals surface area contributed by atoms with Crippen molar-refractivity contribution in [2.45, 2.75) is 12.5 Å². The van der Waals surface area contributed by atoms with E-state index in [1.54, 1.807) is 48.5 Å². The van der Waals surface area contributed by atoms with Crippen LogP contribution in [0.3, 0.4) is 0 Å². The number of halogens is 1. The van der Waals surface area contributed by atoms with Crippen molar-refractivity contribution in [1.82, 2.24) is 9.80 Å². The van der Waals surface area contributed by atoms with Crippen LogP contribution in [0, 0.1) is 5.82 Å². The van der Waals surface area contributed by atoms with Crippen molar-refractivity contribution in [2.24, 2.45) is 0 Å². The van der Waals surface area contributed by atoms with Crippen molar-refractivity contribution in [3.05, 3.63) is 77.1 Å². The number of hydrogen-bond donors (Lipinski definition) is 1. The number of carbonyl (C=O) groups is 2. The molecule has 1 unspecified atom stereocenters. The Balaban J connectivity index is 1.67. The molecule has 2 heterocycles. The van der Waals surface area contributed by atoms with Gasteiger partial charge in [0.05, 0.1) is 24.8 Å². The van der Waals surface area contributed by atoms with Crippen LogP contribution in [0.2, 0.25) is 0 Å². The van der Waals surface area contributed by atoms with Crippen LogP contribution >= 0.6 is 0 Å². The highest BCUT2D eigenvalue weighted by Crippen LogP contribution is 2.40. The van der Waals surface area contributed by atoms with Crippen molar-refractivity contribution in [1.29, 1.82) is 0 Å². The van der Waals surface area contributed by atoms with Gasteiger partial charge in [-0.05, 0) is 12.5 Å². The molecular formula is C24H25FN2O4. The van der Waals surface area contributed by atoms with Crippen LogP contribution in [0.5, 0.6) is 0 Å². The third-order valence-corrected chi connectivity index (χ3v) is 5.76. The summed E-state index contributed by atoms with van der Waals surface area (Å²) in [4.78, 5) is 29.5. The van der Waals surface area contributed by atoms with Gasteiger partial charge in [0.25, 0.3) is 11.7 Å². The average Bonchev–Trinajstić information content (AvgIpc) is 3.05. The number of likely N-dealkylation sites (tertiary alicyclic amines) is 1. The van der Waals surface area contributed by atoms with Gasteiger partial charge >= 0.3 is 0 Å². The van der Waals surface area contributed by atoms with E-state index in [2.05, 4.69) is 4.90 Å². The summed E-state index contributed by atoms with van der Waals surface area (Å²) in [6.07, 6.45) is 0.628. The van der Waals surface area contributed by atoms with E-state index in [4.69, 9.17) is 4.74 Å². The van der Waals surface area contributed by atoms with Gasteiger partial charge < -0.3 is 14.7 Å². The monoisotopic (exact) mass is 424 g/mol. The first-order chi connectivity index (χ1) is 15.1. The Hall–Kier alpha value is -3.03. The number of Topliss-reactive ketones (excluding diaryl/α,β-unsaturated/α-hetero) is 1. The maximum absolute atomic E-state index is 14.7. The maximum atomic E-state index is 14.7. The van der Waals surface area contributed by atoms with Crippen LogP contribution in [-0.4, -0.2) is 66.0 Å². The van der Waals surface area contributed by atoms with Crippen LogP contribution in [0.15, 0.2) is 60.2 Å². The van der Waals surface area contributed by atoms with Gasteiger partial charge in [0, 0.05) is 37.3 Å². The summed E-state index contributed by atoms with van der Waals surface area (Å²) in [5.41, 5.74) is 0.536. The van der Waals surface area contributed by atoms with Gasteiger partial charge in [0.1, 0.15) is 11.6 Å². The van der Waals surface area contributed by atoms with E-state index in [1.165, 1.54) is 11.0 Å². The Bertz CT molecular complexity index is 986. The molecule has 0 aliphatic carbocycles. The van der Waals surface area contributed by atoms with Gasteiger partial charge in [0.15, 0.2) is 0 Å². The van der Waals surface area contributed by atoms with Crippen LogP contribution in [0.4, 0.5) is 4.39 Å². The molecule has 2 fully saturated rings. The molecule has 0 bridgehead atoms. The summed E-state index contributed by atoms with van der Waals surface area (Å²) in [6, 6.07) is 13.7. The number of hydrogen-bond acceptors (Lipinski definition) is 5. The number of morpholine rings is 1. The second-order valence-electron chi connectivity index (χ2n) is 7.69. The fourth-order valence-electron chi connectivity index (χ4n) is 4.17. The molecule has 1 atom stereocenters. The summed E-state index contributed by atoms with van der Waals surface area (Å²) in [5.74, 6) is -2.32. The zero-order valence-corrected chi connectivity index (χ0v) is 17.2. The summed E-state index contributed by atoms with van der Waals surface area (Å²) < 4.78 is 20.1. The lowest BCUT2D eigenvalue weighted by Gasteiger charge is -2.29. The largest absolute Gasteiger partial charge is 0.507 e. The Kier molecular flexibility index (Phi) is 6.44. The number of aliphatic hydroxyl groups excluding tert-OH is 1. The summed E-state index contributed by atoms with van der Waals surface area (Å²) in [7, 11) is 0. The van der Waals surface area contributed by atoms with Crippen molar-refractivity contribution >= 4 is 17.4 Å². The second kappa shape index (κ2) is 9.41.